The Hall–Kier alpha value is -0.0400. The Bertz CT molecular complexity index is 151. The van der Waals surface area contributed by atoms with E-state index in [4.69, 9.17) is 0 Å². The second-order valence-electron chi connectivity index (χ2n) is 5.43. The SMILES string of the molecule is CC[C@H](C)N[C@@H]1CCCC(C)(C)C1. The van der Waals surface area contributed by atoms with Gasteiger partial charge in [-0.05, 0) is 38.0 Å². The van der Waals surface area contributed by atoms with Crippen molar-refractivity contribution in [2.24, 2.45) is 5.41 Å². The van der Waals surface area contributed by atoms with Gasteiger partial charge in [-0.1, -0.05) is 27.2 Å². The van der Waals surface area contributed by atoms with Crippen molar-refractivity contribution in [3.63, 3.8) is 0 Å². The maximum Gasteiger partial charge on any atom is 0.00746 e. The molecule has 0 radical (unpaired) electrons. The van der Waals surface area contributed by atoms with Gasteiger partial charge in [0.15, 0.2) is 0 Å². The van der Waals surface area contributed by atoms with E-state index in [1.54, 1.807) is 0 Å². The van der Waals surface area contributed by atoms with Gasteiger partial charge < -0.3 is 5.32 Å². The van der Waals surface area contributed by atoms with E-state index in [9.17, 15) is 0 Å². The van der Waals surface area contributed by atoms with Crippen molar-refractivity contribution in [2.75, 3.05) is 0 Å². The monoisotopic (exact) mass is 183 g/mol. The molecule has 0 spiro atoms. The summed E-state index contributed by atoms with van der Waals surface area (Å²) in [6, 6.07) is 1.47. The van der Waals surface area contributed by atoms with E-state index in [1.807, 2.05) is 0 Å². The van der Waals surface area contributed by atoms with Gasteiger partial charge in [0.05, 0.1) is 0 Å². The van der Waals surface area contributed by atoms with Crippen LogP contribution in [-0.2, 0) is 0 Å². The van der Waals surface area contributed by atoms with Crippen LogP contribution in [-0.4, -0.2) is 12.1 Å². The Balaban J connectivity index is 2.34. The van der Waals surface area contributed by atoms with E-state index in [2.05, 4.69) is 33.0 Å². The third-order valence-electron chi connectivity index (χ3n) is 3.34. The maximum absolute atomic E-state index is 3.72. The Kier molecular flexibility index (Phi) is 3.78. The highest BCUT2D eigenvalue weighted by Crippen LogP contribution is 2.35. The first kappa shape index (κ1) is 11.0. The molecule has 1 saturated carbocycles. The Morgan fingerprint density at radius 2 is 2.15 bits per heavy atom. The number of hydrogen-bond donors (Lipinski definition) is 1. The molecule has 1 fully saturated rings. The minimum Gasteiger partial charge on any atom is -0.311 e. The zero-order chi connectivity index (χ0) is 9.90. The van der Waals surface area contributed by atoms with Crippen molar-refractivity contribution < 1.29 is 0 Å². The zero-order valence-corrected chi connectivity index (χ0v) is 9.69. The van der Waals surface area contributed by atoms with Crippen LogP contribution < -0.4 is 5.32 Å². The van der Waals surface area contributed by atoms with Gasteiger partial charge in [0.2, 0.25) is 0 Å². The molecule has 0 amide bonds. The lowest BCUT2D eigenvalue weighted by Gasteiger charge is -2.36. The minimum absolute atomic E-state index is 0.573. The van der Waals surface area contributed by atoms with E-state index in [1.165, 1.54) is 32.1 Å². The van der Waals surface area contributed by atoms with E-state index >= 15 is 0 Å². The van der Waals surface area contributed by atoms with Gasteiger partial charge in [-0.15, -0.1) is 0 Å². The van der Waals surface area contributed by atoms with Gasteiger partial charge in [0.25, 0.3) is 0 Å². The predicted octanol–water partition coefficient (Wildman–Crippen LogP) is 3.34. The van der Waals surface area contributed by atoms with E-state index in [0.29, 0.717) is 11.5 Å². The predicted molar refractivity (Wildman–Crippen MR) is 58.9 cm³/mol. The normalized spacial score (nSPS) is 30.0. The Labute approximate surface area is 83.3 Å². The summed E-state index contributed by atoms with van der Waals surface area (Å²) in [5.74, 6) is 0. The fraction of sp³-hybridized carbons (Fsp3) is 1.00. The molecular formula is C12H25N. The molecule has 78 valence electrons. The maximum atomic E-state index is 3.72. The first-order chi connectivity index (χ1) is 6.03. The number of rotatable bonds is 3. The molecule has 1 heteroatoms. The van der Waals surface area contributed by atoms with Gasteiger partial charge in [-0.3, -0.25) is 0 Å². The molecule has 0 aliphatic heterocycles. The second-order valence-corrected chi connectivity index (χ2v) is 5.43. The molecule has 0 aromatic heterocycles. The van der Waals surface area contributed by atoms with Gasteiger partial charge in [-0.2, -0.15) is 0 Å². The van der Waals surface area contributed by atoms with Crippen molar-refractivity contribution in [1.82, 2.24) is 5.32 Å². The summed E-state index contributed by atoms with van der Waals surface area (Å²) in [5.41, 5.74) is 0.573. The van der Waals surface area contributed by atoms with Crippen molar-refractivity contribution >= 4 is 0 Å². The van der Waals surface area contributed by atoms with Crippen LogP contribution in [0.25, 0.3) is 0 Å². The summed E-state index contributed by atoms with van der Waals surface area (Å²) < 4.78 is 0. The molecule has 0 bridgehead atoms. The van der Waals surface area contributed by atoms with Crippen molar-refractivity contribution in [2.45, 2.75) is 71.9 Å². The largest absolute Gasteiger partial charge is 0.311 e. The molecule has 2 atom stereocenters. The van der Waals surface area contributed by atoms with E-state index in [0.717, 1.165) is 6.04 Å². The highest BCUT2D eigenvalue weighted by Gasteiger charge is 2.27. The molecule has 1 N–H and O–H groups in total. The summed E-state index contributed by atoms with van der Waals surface area (Å²) in [4.78, 5) is 0. The highest BCUT2D eigenvalue weighted by molar-refractivity contribution is 4.84. The Morgan fingerprint density at radius 1 is 1.46 bits per heavy atom. The van der Waals surface area contributed by atoms with Gasteiger partial charge in [0, 0.05) is 12.1 Å². The quantitative estimate of drug-likeness (QED) is 0.707. The van der Waals surface area contributed by atoms with Crippen LogP contribution >= 0.6 is 0 Å². The van der Waals surface area contributed by atoms with Crippen LogP contribution in [0.2, 0.25) is 0 Å². The van der Waals surface area contributed by atoms with Crippen LogP contribution in [0.15, 0.2) is 0 Å². The molecule has 0 heterocycles. The Morgan fingerprint density at radius 3 is 2.69 bits per heavy atom. The number of nitrogens with one attached hydrogen (secondary N) is 1. The molecule has 0 saturated heterocycles. The van der Waals surface area contributed by atoms with Crippen LogP contribution in [0.1, 0.15) is 59.8 Å². The molecular weight excluding hydrogens is 158 g/mol. The lowest BCUT2D eigenvalue weighted by molar-refractivity contribution is 0.190. The lowest BCUT2D eigenvalue weighted by Crippen LogP contribution is -2.41. The van der Waals surface area contributed by atoms with Gasteiger partial charge in [-0.25, -0.2) is 0 Å². The first-order valence-corrected chi connectivity index (χ1v) is 5.79. The van der Waals surface area contributed by atoms with Crippen LogP contribution in [0, 0.1) is 5.41 Å². The fourth-order valence-electron chi connectivity index (χ4n) is 2.36. The van der Waals surface area contributed by atoms with Crippen LogP contribution in [0.4, 0.5) is 0 Å². The average Bonchev–Trinajstić information content (AvgIpc) is 2.02. The van der Waals surface area contributed by atoms with Crippen molar-refractivity contribution in [3.8, 4) is 0 Å². The fourth-order valence-corrected chi connectivity index (χ4v) is 2.36. The number of hydrogen-bond acceptors (Lipinski definition) is 1. The molecule has 1 aliphatic carbocycles. The summed E-state index contributed by atoms with van der Waals surface area (Å²) >= 11 is 0. The van der Waals surface area contributed by atoms with Gasteiger partial charge in [0.1, 0.15) is 0 Å². The molecule has 0 unspecified atom stereocenters. The minimum atomic E-state index is 0.573. The van der Waals surface area contributed by atoms with Crippen LogP contribution in [0.3, 0.4) is 0 Å². The molecule has 1 nitrogen and oxygen atoms in total. The van der Waals surface area contributed by atoms with Crippen LogP contribution in [0.5, 0.6) is 0 Å². The molecule has 1 aliphatic rings. The molecule has 0 aromatic rings. The smallest absolute Gasteiger partial charge is 0.00746 e. The first-order valence-electron chi connectivity index (χ1n) is 5.79. The average molecular weight is 183 g/mol. The van der Waals surface area contributed by atoms with E-state index < -0.39 is 0 Å². The highest BCUT2D eigenvalue weighted by atomic mass is 14.9. The summed E-state index contributed by atoms with van der Waals surface area (Å²) in [6.45, 7) is 9.35. The lowest BCUT2D eigenvalue weighted by atomic mass is 9.75. The second kappa shape index (κ2) is 4.45. The third-order valence-corrected chi connectivity index (χ3v) is 3.34. The van der Waals surface area contributed by atoms with Crippen molar-refractivity contribution in [3.05, 3.63) is 0 Å². The zero-order valence-electron chi connectivity index (χ0n) is 9.69. The topological polar surface area (TPSA) is 12.0 Å². The summed E-state index contributed by atoms with van der Waals surface area (Å²) in [5, 5.41) is 3.72. The molecule has 1 rings (SSSR count). The molecule has 13 heavy (non-hydrogen) atoms. The summed E-state index contributed by atoms with van der Waals surface area (Å²) in [6.07, 6.45) is 6.80. The van der Waals surface area contributed by atoms with Gasteiger partial charge >= 0.3 is 0 Å². The molecule has 0 aromatic carbocycles. The van der Waals surface area contributed by atoms with E-state index in [-0.39, 0.29) is 0 Å². The standard InChI is InChI=1S/C12H25N/c1-5-10(2)13-11-7-6-8-12(3,4)9-11/h10-11,13H,5-9H2,1-4H3/t10-,11+/m0/s1. The third kappa shape index (κ3) is 3.68. The van der Waals surface area contributed by atoms with Crippen molar-refractivity contribution in [1.29, 1.82) is 0 Å². The summed E-state index contributed by atoms with van der Waals surface area (Å²) in [7, 11) is 0.